The Morgan fingerprint density at radius 1 is 1.13 bits per heavy atom. The number of anilines is 2. The number of fused-ring (bicyclic) bond motifs is 5. The number of hydrogen-bond acceptors (Lipinski definition) is 6. The third kappa shape index (κ3) is 2.01. The minimum absolute atomic E-state index is 0.0354. The lowest BCUT2D eigenvalue weighted by atomic mass is 9.84. The molecular formula is C22H12FN3O4S. The predicted octanol–water partition coefficient (Wildman–Crippen LogP) is 3.27. The van der Waals surface area contributed by atoms with Gasteiger partial charge in [-0.25, -0.2) is 9.37 Å². The van der Waals surface area contributed by atoms with Gasteiger partial charge in [-0.3, -0.25) is 19.3 Å². The molecule has 0 N–H and O–H groups in total. The van der Waals surface area contributed by atoms with E-state index >= 15 is 0 Å². The number of nitrogens with zero attached hydrogens (tertiary/aromatic N) is 3. The van der Waals surface area contributed by atoms with Crippen LogP contribution in [-0.2, 0) is 10.3 Å². The second kappa shape index (κ2) is 5.86. The van der Waals surface area contributed by atoms with Crippen molar-refractivity contribution in [2.24, 2.45) is 0 Å². The zero-order valence-electron chi connectivity index (χ0n) is 16.0. The Morgan fingerprint density at radius 3 is 2.71 bits per heavy atom. The van der Waals surface area contributed by atoms with Gasteiger partial charge < -0.3 is 9.32 Å². The number of aromatic nitrogens is 1. The average molecular weight is 433 g/mol. The van der Waals surface area contributed by atoms with Crippen molar-refractivity contribution in [2.75, 3.05) is 16.8 Å². The quantitative estimate of drug-likeness (QED) is 0.460. The molecule has 1 unspecified atom stereocenters. The van der Waals surface area contributed by atoms with E-state index in [-0.39, 0.29) is 27.4 Å². The molecule has 2 aromatic carbocycles. The molecule has 0 saturated carbocycles. The molecule has 152 valence electrons. The SMILES string of the molecule is CN1C(=O)C2(c3ccccc31)c1c(oc3ccc(F)cc3c1=O)C(=O)N2c1nccs1. The summed E-state index contributed by atoms with van der Waals surface area (Å²) in [6.07, 6.45) is 1.51. The van der Waals surface area contributed by atoms with E-state index in [9.17, 15) is 18.8 Å². The van der Waals surface area contributed by atoms with Crippen molar-refractivity contribution in [3.63, 3.8) is 0 Å². The molecule has 7 nitrogen and oxygen atoms in total. The Balaban J connectivity index is 1.82. The van der Waals surface area contributed by atoms with E-state index in [0.717, 1.165) is 12.1 Å². The van der Waals surface area contributed by atoms with Gasteiger partial charge in [-0.05, 0) is 24.3 Å². The van der Waals surface area contributed by atoms with E-state index in [1.54, 1.807) is 36.7 Å². The maximum absolute atomic E-state index is 14.0. The fourth-order valence-corrected chi connectivity index (χ4v) is 5.26. The normalized spacial score (nSPS) is 19.5. The van der Waals surface area contributed by atoms with Crippen LogP contribution >= 0.6 is 11.3 Å². The average Bonchev–Trinajstić information content (AvgIpc) is 3.43. The molecule has 2 aliphatic rings. The molecule has 0 bridgehead atoms. The summed E-state index contributed by atoms with van der Waals surface area (Å²) in [5.41, 5.74) is -1.42. The van der Waals surface area contributed by atoms with Crippen molar-refractivity contribution in [1.82, 2.24) is 4.98 Å². The Bertz CT molecular complexity index is 1500. The number of benzene rings is 2. The van der Waals surface area contributed by atoms with Crippen LogP contribution in [0, 0.1) is 5.82 Å². The maximum Gasteiger partial charge on any atom is 0.297 e. The number of carbonyl (C=O) groups is 2. The number of halogens is 1. The van der Waals surface area contributed by atoms with E-state index in [1.807, 2.05) is 0 Å². The number of carbonyl (C=O) groups excluding carboxylic acids is 2. The first kappa shape index (κ1) is 18.0. The van der Waals surface area contributed by atoms with E-state index in [4.69, 9.17) is 4.42 Å². The van der Waals surface area contributed by atoms with Crippen LogP contribution in [0.5, 0.6) is 0 Å². The second-order valence-corrected chi connectivity index (χ2v) is 8.20. The van der Waals surface area contributed by atoms with Gasteiger partial charge in [0.15, 0.2) is 16.1 Å². The highest BCUT2D eigenvalue weighted by atomic mass is 32.1. The molecule has 0 aliphatic carbocycles. The Hall–Kier alpha value is -3.85. The maximum atomic E-state index is 14.0. The minimum Gasteiger partial charge on any atom is -0.450 e. The molecule has 1 spiro atoms. The first-order valence-corrected chi connectivity index (χ1v) is 10.2. The van der Waals surface area contributed by atoms with E-state index in [1.165, 1.54) is 33.4 Å². The lowest BCUT2D eigenvalue weighted by molar-refractivity contribution is -0.121. The molecule has 0 fully saturated rings. The number of thiazole rings is 1. The van der Waals surface area contributed by atoms with Gasteiger partial charge >= 0.3 is 0 Å². The smallest absolute Gasteiger partial charge is 0.297 e. The third-order valence-electron chi connectivity index (χ3n) is 5.83. The molecule has 0 saturated heterocycles. The Kier molecular flexibility index (Phi) is 3.39. The van der Waals surface area contributed by atoms with Gasteiger partial charge in [0.25, 0.3) is 11.8 Å². The third-order valence-corrected chi connectivity index (χ3v) is 6.58. The highest BCUT2D eigenvalue weighted by molar-refractivity contribution is 7.13. The molecule has 6 rings (SSSR count). The first-order chi connectivity index (χ1) is 15.0. The summed E-state index contributed by atoms with van der Waals surface area (Å²) < 4.78 is 19.8. The van der Waals surface area contributed by atoms with Crippen LogP contribution in [0.4, 0.5) is 15.2 Å². The fraction of sp³-hybridized carbons (Fsp3) is 0.0909. The van der Waals surface area contributed by atoms with Crippen LogP contribution in [0.15, 0.2) is 63.3 Å². The topological polar surface area (TPSA) is 83.7 Å². The van der Waals surface area contributed by atoms with Crippen molar-refractivity contribution in [1.29, 1.82) is 0 Å². The fourth-order valence-electron chi connectivity index (χ4n) is 4.57. The predicted molar refractivity (Wildman–Crippen MR) is 112 cm³/mol. The summed E-state index contributed by atoms with van der Waals surface area (Å²) in [4.78, 5) is 48.0. The molecule has 4 aromatic rings. The van der Waals surface area contributed by atoms with Gasteiger partial charge in [0, 0.05) is 29.9 Å². The van der Waals surface area contributed by atoms with E-state index in [2.05, 4.69) is 4.98 Å². The molecule has 0 radical (unpaired) electrons. The van der Waals surface area contributed by atoms with Crippen LogP contribution in [0.1, 0.15) is 21.7 Å². The van der Waals surface area contributed by atoms with Crippen LogP contribution in [0.2, 0.25) is 0 Å². The molecule has 2 amide bonds. The largest absolute Gasteiger partial charge is 0.450 e. The molecule has 9 heteroatoms. The van der Waals surface area contributed by atoms with Gasteiger partial charge in [-0.2, -0.15) is 0 Å². The van der Waals surface area contributed by atoms with Crippen molar-refractivity contribution in [2.45, 2.75) is 5.54 Å². The van der Waals surface area contributed by atoms with Crippen LogP contribution < -0.4 is 15.2 Å². The number of likely N-dealkylation sites (N-methyl/N-ethyl adjacent to an activating group) is 1. The van der Waals surface area contributed by atoms with Crippen molar-refractivity contribution < 1.29 is 18.4 Å². The molecule has 2 aliphatic heterocycles. The highest BCUT2D eigenvalue weighted by Gasteiger charge is 2.65. The standard InChI is InChI=1S/C22H12FN3O4S/c1-25-14-5-3-2-4-13(14)22(20(25)29)16-17(27)12-10-11(23)6-7-15(12)30-18(16)19(28)26(22)21-24-8-9-31-21/h2-10H,1H3. The summed E-state index contributed by atoms with van der Waals surface area (Å²) in [5, 5.41) is 1.89. The molecule has 4 heterocycles. The van der Waals surface area contributed by atoms with Crippen LogP contribution in [-0.4, -0.2) is 23.8 Å². The first-order valence-electron chi connectivity index (χ1n) is 9.35. The summed E-state index contributed by atoms with van der Waals surface area (Å²) in [5.74, 6) is -1.99. The van der Waals surface area contributed by atoms with Gasteiger partial charge in [0.2, 0.25) is 5.76 Å². The van der Waals surface area contributed by atoms with E-state index in [0.29, 0.717) is 11.3 Å². The van der Waals surface area contributed by atoms with Crippen molar-refractivity contribution in [3.8, 4) is 0 Å². The second-order valence-electron chi connectivity index (χ2n) is 7.32. The van der Waals surface area contributed by atoms with Gasteiger partial charge in [-0.15, -0.1) is 11.3 Å². The molecule has 1 atom stereocenters. The highest BCUT2D eigenvalue weighted by Crippen LogP contribution is 2.53. The molecular weight excluding hydrogens is 421 g/mol. The van der Waals surface area contributed by atoms with Gasteiger partial charge in [0.05, 0.1) is 10.9 Å². The van der Waals surface area contributed by atoms with Crippen molar-refractivity contribution >= 4 is 44.9 Å². The van der Waals surface area contributed by atoms with Gasteiger partial charge in [0.1, 0.15) is 11.4 Å². The lowest BCUT2D eigenvalue weighted by Gasteiger charge is -2.31. The van der Waals surface area contributed by atoms with Crippen LogP contribution in [0.3, 0.4) is 0 Å². The summed E-state index contributed by atoms with van der Waals surface area (Å²) in [6.45, 7) is 0. The van der Waals surface area contributed by atoms with Gasteiger partial charge in [-0.1, -0.05) is 18.2 Å². The zero-order valence-corrected chi connectivity index (χ0v) is 16.8. The summed E-state index contributed by atoms with van der Waals surface area (Å²) in [7, 11) is 1.58. The summed E-state index contributed by atoms with van der Waals surface area (Å²) in [6, 6.07) is 10.5. The number of para-hydroxylation sites is 1. The minimum atomic E-state index is -1.78. The number of amides is 2. The van der Waals surface area contributed by atoms with E-state index < -0.39 is 28.6 Å². The Morgan fingerprint density at radius 2 is 1.94 bits per heavy atom. The number of hydrogen-bond donors (Lipinski definition) is 0. The lowest BCUT2D eigenvalue weighted by Crippen LogP contribution is -2.53. The molecule has 31 heavy (non-hydrogen) atoms. The number of rotatable bonds is 1. The molecule has 2 aromatic heterocycles. The summed E-state index contributed by atoms with van der Waals surface area (Å²) >= 11 is 1.17. The zero-order chi connectivity index (χ0) is 21.5. The van der Waals surface area contributed by atoms with Crippen LogP contribution in [0.25, 0.3) is 11.0 Å². The Labute approximate surface area is 178 Å². The monoisotopic (exact) mass is 433 g/mol. The van der Waals surface area contributed by atoms with Crippen molar-refractivity contribution in [3.05, 3.63) is 87.0 Å².